The first kappa shape index (κ1) is 12.9. The Balaban J connectivity index is 1.52. The monoisotopic (exact) mass is 250 g/mol. The molecule has 1 N–H and O–H groups in total. The summed E-state index contributed by atoms with van der Waals surface area (Å²) in [5.74, 6) is 2.93. The van der Waals surface area contributed by atoms with Crippen LogP contribution in [0.4, 0.5) is 0 Å². The summed E-state index contributed by atoms with van der Waals surface area (Å²) in [6.07, 6.45) is 5.79. The van der Waals surface area contributed by atoms with E-state index in [0.717, 1.165) is 23.8 Å². The molecule has 0 amide bonds. The first-order chi connectivity index (χ1) is 8.54. The van der Waals surface area contributed by atoms with E-state index in [4.69, 9.17) is 0 Å². The largest absolute Gasteiger partial charge is 0.316 e. The molecule has 2 atom stereocenters. The highest BCUT2D eigenvalue weighted by atomic mass is 15.2. The van der Waals surface area contributed by atoms with Crippen LogP contribution in [0.25, 0.3) is 0 Å². The smallest absolute Gasteiger partial charge is 0.0102 e. The van der Waals surface area contributed by atoms with Crippen molar-refractivity contribution in [3.8, 4) is 0 Å². The van der Waals surface area contributed by atoms with E-state index in [1.807, 2.05) is 0 Å². The fourth-order valence-electron chi connectivity index (χ4n) is 4.56. The molecular weight excluding hydrogens is 220 g/mol. The predicted molar refractivity (Wildman–Crippen MR) is 76.6 cm³/mol. The summed E-state index contributed by atoms with van der Waals surface area (Å²) >= 11 is 0. The number of hydrogen-bond acceptors (Lipinski definition) is 2. The van der Waals surface area contributed by atoms with Crippen molar-refractivity contribution in [3.05, 3.63) is 0 Å². The lowest BCUT2D eigenvalue weighted by molar-refractivity contribution is 0.0817. The van der Waals surface area contributed by atoms with Gasteiger partial charge in [-0.1, -0.05) is 20.8 Å². The average molecular weight is 250 g/mol. The maximum Gasteiger partial charge on any atom is 0.0102 e. The van der Waals surface area contributed by atoms with Gasteiger partial charge in [-0.2, -0.15) is 0 Å². The number of piperidine rings is 1. The van der Waals surface area contributed by atoms with Crippen molar-refractivity contribution in [1.82, 2.24) is 10.2 Å². The molecule has 0 bridgehead atoms. The molecule has 104 valence electrons. The van der Waals surface area contributed by atoms with Crippen LogP contribution in [0.2, 0.25) is 0 Å². The molecule has 3 aliphatic rings. The standard InChI is InChI=1S/C16H30N2/c1-16(2,3)14-4-6-18(7-5-14)15-8-12-10-17-11-13(12)9-15/h12-15,17H,4-11H2,1-3H3. The third kappa shape index (κ3) is 2.46. The van der Waals surface area contributed by atoms with E-state index in [9.17, 15) is 0 Å². The number of nitrogens with zero attached hydrogens (tertiary/aromatic N) is 1. The number of fused-ring (bicyclic) bond motifs is 1. The Morgan fingerprint density at radius 1 is 0.944 bits per heavy atom. The third-order valence-electron chi connectivity index (χ3n) is 5.90. The van der Waals surface area contributed by atoms with Crippen molar-refractivity contribution in [1.29, 1.82) is 0 Å². The van der Waals surface area contributed by atoms with E-state index in [2.05, 4.69) is 31.0 Å². The molecule has 0 aromatic carbocycles. The second-order valence-electron chi connectivity index (χ2n) is 7.98. The van der Waals surface area contributed by atoms with Gasteiger partial charge in [-0.25, -0.2) is 0 Å². The van der Waals surface area contributed by atoms with Crippen molar-refractivity contribution in [3.63, 3.8) is 0 Å². The summed E-state index contributed by atoms with van der Waals surface area (Å²) in [5.41, 5.74) is 0.516. The SMILES string of the molecule is CC(C)(C)C1CCN(C2CC3CNCC3C2)CC1. The molecular formula is C16H30N2. The quantitative estimate of drug-likeness (QED) is 0.770. The van der Waals surface area contributed by atoms with Gasteiger partial charge in [0.05, 0.1) is 0 Å². The second kappa shape index (κ2) is 4.79. The number of likely N-dealkylation sites (tertiary alicyclic amines) is 1. The Morgan fingerprint density at radius 3 is 2.00 bits per heavy atom. The van der Waals surface area contributed by atoms with E-state index in [-0.39, 0.29) is 0 Å². The van der Waals surface area contributed by atoms with Crippen LogP contribution in [0.5, 0.6) is 0 Å². The molecule has 0 aromatic heterocycles. The minimum Gasteiger partial charge on any atom is -0.316 e. The maximum atomic E-state index is 3.56. The molecule has 18 heavy (non-hydrogen) atoms. The van der Waals surface area contributed by atoms with Gasteiger partial charge in [-0.05, 0) is 75.0 Å². The maximum absolute atomic E-state index is 3.56. The summed E-state index contributed by atoms with van der Waals surface area (Å²) in [6, 6.07) is 0.919. The predicted octanol–water partition coefficient (Wildman–Crippen LogP) is 2.74. The lowest BCUT2D eigenvalue weighted by Gasteiger charge is -2.41. The fourth-order valence-corrected chi connectivity index (χ4v) is 4.56. The molecule has 2 heteroatoms. The summed E-state index contributed by atoms with van der Waals surface area (Å²) in [6.45, 7) is 12.6. The Kier molecular flexibility index (Phi) is 3.44. The van der Waals surface area contributed by atoms with Gasteiger partial charge in [-0.3, -0.25) is 0 Å². The van der Waals surface area contributed by atoms with Gasteiger partial charge in [-0.15, -0.1) is 0 Å². The zero-order valence-corrected chi connectivity index (χ0v) is 12.4. The molecule has 0 radical (unpaired) electrons. The zero-order chi connectivity index (χ0) is 12.8. The Bertz CT molecular complexity index is 274. The van der Waals surface area contributed by atoms with Gasteiger partial charge in [0.1, 0.15) is 0 Å². The van der Waals surface area contributed by atoms with Crippen LogP contribution in [-0.2, 0) is 0 Å². The zero-order valence-electron chi connectivity index (χ0n) is 12.4. The van der Waals surface area contributed by atoms with Gasteiger partial charge in [0.15, 0.2) is 0 Å². The van der Waals surface area contributed by atoms with Crippen molar-refractivity contribution in [2.45, 2.75) is 52.5 Å². The number of nitrogens with one attached hydrogen (secondary N) is 1. The van der Waals surface area contributed by atoms with E-state index in [0.29, 0.717) is 5.41 Å². The highest BCUT2D eigenvalue weighted by molar-refractivity contribution is 4.95. The Labute approximate surface area is 113 Å². The number of rotatable bonds is 1. The normalized spacial score (nSPS) is 39.2. The van der Waals surface area contributed by atoms with Crippen molar-refractivity contribution in [2.75, 3.05) is 26.2 Å². The molecule has 2 nitrogen and oxygen atoms in total. The van der Waals surface area contributed by atoms with Crippen LogP contribution in [0.15, 0.2) is 0 Å². The van der Waals surface area contributed by atoms with Gasteiger partial charge in [0.25, 0.3) is 0 Å². The van der Waals surface area contributed by atoms with E-state index >= 15 is 0 Å². The van der Waals surface area contributed by atoms with Crippen molar-refractivity contribution in [2.24, 2.45) is 23.2 Å². The number of hydrogen-bond donors (Lipinski definition) is 1. The Morgan fingerprint density at radius 2 is 1.50 bits per heavy atom. The molecule has 3 fully saturated rings. The van der Waals surface area contributed by atoms with Crippen LogP contribution >= 0.6 is 0 Å². The lowest BCUT2D eigenvalue weighted by Crippen LogP contribution is -2.43. The van der Waals surface area contributed by atoms with E-state index in [1.54, 1.807) is 0 Å². The third-order valence-corrected chi connectivity index (χ3v) is 5.90. The fraction of sp³-hybridized carbons (Fsp3) is 1.00. The van der Waals surface area contributed by atoms with Crippen LogP contribution in [0.1, 0.15) is 46.5 Å². The molecule has 2 aliphatic heterocycles. The van der Waals surface area contributed by atoms with E-state index in [1.165, 1.54) is 51.9 Å². The summed E-state index contributed by atoms with van der Waals surface area (Å²) in [5, 5.41) is 3.56. The lowest BCUT2D eigenvalue weighted by atomic mass is 9.75. The van der Waals surface area contributed by atoms with Crippen LogP contribution in [0.3, 0.4) is 0 Å². The summed E-state index contributed by atoms with van der Waals surface area (Å²) < 4.78 is 0. The molecule has 1 saturated carbocycles. The molecule has 2 unspecified atom stereocenters. The molecule has 2 heterocycles. The first-order valence-electron chi connectivity index (χ1n) is 7.99. The topological polar surface area (TPSA) is 15.3 Å². The van der Waals surface area contributed by atoms with Crippen LogP contribution in [0, 0.1) is 23.2 Å². The molecule has 1 aliphatic carbocycles. The highest BCUT2D eigenvalue weighted by Gasteiger charge is 2.40. The molecule has 0 spiro atoms. The highest BCUT2D eigenvalue weighted by Crippen LogP contribution is 2.40. The summed E-state index contributed by atoms with van der Waals surface area (Å²) in [7, 11) is 0. The van der Waals surface area contributed by atoms with Gasteiger partial charge in [0, 0.05) is 6.04 Å². The van der Waals surface area contributed by atoms with Gasteiger partial charge in [0.2, 0.25) is 0 Å². The first-order valence-corrected chi connectivity index (χ1v) is 7.99. The molecule has 3 rings (SSSR count). The van der Waals surface area contributed by atoms with Crippen LogP contribution < -0.4 is 5.32 Å². The van der Waals surface area contributed by atoms with Gasteiger partial charge >= 0.3 is 0 Å². The Hall–Kier alpha value is -0.0800. The van der Waals surface area contributed by atoms with Crippen LogP contribution in [-0.4, -0.2) is 37.1 Å². The second-order valence-corrected chi connectivity index (χ2v) is 7.98. The van der Waals surface area contributed by atoms with Gasteiger partial charge < -0.3 is 10.2 Å². The van der Waals surface area contributed by atoms with Crippen molar-refractivity contribution < 1.29 is 0 Å². The minimum absolute atomic E-state index is 0.516. The minimum atomic E-state index is 0.516. The van der Waals surface area contributed by atoms with E-state index < -0.39 is 0 Å². The molecule has 2 saturated heterocycles. The average Bonchev–Trinajstić information content (AvgIpc) is 2.88. The molecule has 0 aromatic rings. The van der Waals surface area contributed by atoms with Crippen molar-refractivity contribution >= 4 is 0 Å². The summed E-state index contributed by atoms with van der Waals surface area (Å²) in [4.78, 5) is 2.82.